The van der Waals surface area contributed by atoms with Crippen molar-refractivity contribution < 1.29 is 0 Å². The molecule has 0 aromatic heterocycles. The number of nitrogens with zero attached hydrogens (tertiary/aromatic N) is 2. The lowest BCUT2D eigenvalue weighted by atomic mass is 10.2. The first kappa shape index (κ1) is 17.3. The van der Waals surface area contributed by atoms with Gasteiger partial charge in [-0.15, -0.1) is 5.10 Å². The molecule has 0 amide bonds. The standard InChI is InChI=1S/C15H12BrCl2N3S/c16-12-7-6-11(13(17)14(12)18)8-20-21-15(19)22-9-10-4-2-1-3-5-10/h1-8H,9H2,(H2,19,21). The highest BCUT2D eigenvalue weighted by Gasteiger charge is 2.06. The molecule has 0 spiro atoms. The van der Waals surface area contributed by atoms with Gasteiger partial charge in [0.1, 0.15) is 0 Å². The molecular weight excluding hydrogens is 405 g/mol. The molecule has 7 heteroatoms. The van der Waals surface area contributed by atoms with Crippen LogP contribution in [0.1, 0.15) is 11.1 Å². The SMILES string of the molecule is NC(=NN=Cc1ccc(Br)c(Cl)c1Cl)SCc1ccccc1. The van der Waals surface area contributed by atoms with Gasteiger partial charge in [-0.3, -0.25) is 0 Å². The molecule has 0 saturated carbocycles. The highest BCUT2D eigenvalue weighted by atomic mass is 79.9. The van der Waals surface area contributed by atoms with E-state index in [0.717, 1.165) is 10.2 Å². The van der Waals surface area contributed by atoms with Crippen molar-refractivity contribution in [2.75, 3.05) is 0 Å². The third-order valence-electron chi connectivity index (χ3n) is 2.65. The number of amidine groups is 1. The van der Waals surface area contributed by atoms with E-state index in [2.05, 4.69) is 26.1 Å². The van der Waals surface area contributed by atoms with Crippen LogP contribution < -0.4 is 5.73 Å². The Balaban J connectivity index is 1.97. The van der Waals surface area contributed by atoms with Crippen molar-refractivity contribution in [3.63, 3.8) is 0 Å². The van der Waals surface area contributed by atoms with Crippen molar-refractivity contribution in [1.29, 1.82) is 0 Å². The minimum Gasteiger partial charge on any atom is -0.377 e. The topological polar surface area (TPSA) is 50.7 Å². The van der Waals surface area contributed by atoms with Crippen LogP contribution in [0.5, 0.6) is 0 Å². The quantitative estimate of drug-likeness (QED) is 0.316. The third kappa shape index (κ3) is 5.02. The van der Waals surface area contributed by atoms with Gasteiger partial charge in [-0.05, 0) is 27.6 Å². The maximum absolute atomic E-state index is 6.12. The van der Waals surface area contributed by atoms with Gasteiger partial charge in [0.05, 0.1) is 16.3 Å². The van der Waals surface area contributed by atoms with Crippen LogP contribution in [0.3, 0.4) is 0 Å². The molecule has 0 radical (unpaired) electrons. The summed E-state index contributed by atoms with van der Waals surface area (Å²) in [6.45, 7) is 0. The van der Waals surface area contributed by atoms with Gasteiger partial charge in [-0.1, -0.05) is 71.4 Å². The summed E-state index contributed by atoms with van der Waals surface area (Å²) in [4.78, 5) is 0. The number of hydrogen-bond donors (Lipinski definition) is 1. The zero-order chi connectivity index (χ0) is 15.9. The Labute approximate surface area is 151 Å². The predicted molar refractivity (Wildman–Crippen MR) is 101 cm³/mol. The molecular formula is C15H12BrCl2N3S. The lowest BCUT2D eigenvalue weighted by Crippen LogP contribution is -2.06. The van der Waals surface area contributed by atoms with Crippen LogP contribution in [0, 0.1) is 0 Å². The van der Waals surface area contributed by atoms with E-state index >= 15 is 0 Å². The van der Waals surface area contributed by atoms with Crippen molar-refractivity contribution in [3.8, 4) is 0 Å². The van der Waals surface area contributed by atoms with Crippen LogP contribution in [-0.4, -0.2) is 11.4 Å². The maximum atomic E-state index is 6.12. The fraction of sp³-hybridized carbons (Fsp3) is 0.0667. The molecule has 0 aliphatic heterocycles. The Morgan fingerprint density at radius 2 is 1.86 bits per heavy atom. The fourth-order valence-corrected chi connectivity index (χ4v) is 2.99. The normalized spacial score (nSPS) is 12.0. The minimum absolute atomic E-state index is 0.388. The monoisotopic (exact) mass is 415 g/mol. The van der Waals surface area contributed by atoms with Crippen LogP contribution >= 0.6 is 50.9 Å². The number of halogens is 3. The summed E-state index contributed by atoms with van der Waals surface area (Å²) < 4.78 is 0.734. The van der Waals surface area contributed by atoms with Gasteiger partial charge in [-0.25, -0.2) is 0 Å². The maximum Gasteiger partial charge on any atom is 0.180 e. The van der Waals surface area contributed by atoms with E-state index in [0.29, 0.717) is 20.8 Å². The first-order chi connectivity index (χ1) is 10.6. The number of thioether (sulfide) groups is 1. The van der Waals surface area contributed by atoms with E-state index in [4.69, 9.17) is 28.9 Å². The second-order valence-corrected chi connectivity index (χ2v) is 6.83. The van der Waals surface area contributed by atoms with E-state index < -0.39 is 0 Å². The molecule has 2 rings (SSSR count). The van der Waals surface area contributed by atoms with Crippen LogP contribution in [0.25, 0.3) is 0 Å². The molecule has 2 aromatic carbocycles. The Bertz CT molecular complexity index is 705. The van der Waals surface area contributed by atoms with Gasteiger partial charge in [0.2, 0.25) is 0 Å². The largest absolute Gasteiger partial charge is 0.377 e. The Kier molecular flexibility index (Phi) is 6.76. The molecule has 3 nitrogen and oxygen atoms in total. The molecule has 0 atom stereocenters. The van der Waals surface area contributed by atoms with Crippen molar-refractivity contribution in [3.05, 3.63) is 68.1 Å². The van der Waals surface area contributed by atoms with Gasteiger partial charge < -0.3 is 5.73 Å². The van der Waals surface area contributed by atoms with Crippen molar-refractivity contribution >= 4 is 62.3 Å². The van der Waals surface area contributed by atoms with Gasteiger partial charge >= 0.3 is 0 Å². The first-order valence-electron chi connectivity index (χ1n) is 6.24. The van der Waals surface area contributed by atoms with Crippen LogP contribution in [0.2, 0.25) is 10.0 Å². The summed E-state index contributed by atoms with van der Waals surface area (Å²) in [5.41, 5.74) is 7.67. The predicted octanol–water partition coefficient (Wildman–Crippen LogP) is 5.34. The molecule has 114 valence electrons. The Hall–Kier alpha value is -1.01. The van der Waals surface area contributed by atoms with E-state index in [1.807, 2.05) is 30.3 Å². The van der Waals surface area contributed by atoms with E-state index in [1.165, 1.54) is 23.5 Å². The van der Waals surface area contributed by atoms with Crippen molar-refractivity contribution in [2.24, 2.45) is 15.9 Å². The zero-order valence-electron chi connectivity index (χ0n) is 11.3. The highest BCUT2D eigenvalue weighted by Crippen LogP contribution is 2.32. The van der Waals surface area contributed by atoms with E-state index in [9.17, 15) is 0 Å². The van der Waals surface area contributed by atoms with Gasteiger partial charge in [0.15, 0.2) is 5.17 Å². The summed E-state index contributed by atoms with van der Waals surface area (Å²) in [6, 6.07) is 13.6. The van der Waals surface area contributed by atoms with Gasteiger partial charge in [0, 0.05) is 15.8 Å². The fourth-order valence-electron chi connectivity index (χ4n) is 1.55. The third-order valence-corrected chi connectivity index (χ3v) is 5.29. The Morgan fingerprint density at radius 1 is 1.14 bits per heavy atom. The molecule has 0 fully saturated rings. The molecule has 2 N–H and O–H groups in total. The number of nitrogens with two attached hydrogens (primary N) is 1. The van der Waals surface area contributed by atoms with Crippen molar-refractivity contribution in [2.45, 2.75) is 5.75 Å². The molecule has 0 unspecified atom stereocenters. The smallest absolute Gasteiger partial charge is 0.180 e. The summed E-state index contributed by atoms with van der Waals surface area (Å²) in [5.74, 6) is 0.747. The molecule has 0 saturated heterocycles. The Morgan fingerprint density at radius 3 is 2.59 bits per heavy atom. The second-order valence-electron chi connectivity index (χ2n) is 4.22. The average Bonchev–Trinajstić information content (AvgIpc) is 2.54. The van der Waals surface area contributed by atoms with Crippen LogP contribution in [-0.2, 0) is 5.75 Å². The van der Waals surface area contributed by atoms with E-state index in [1.54, 1.807) is 12.1 Å². The molecule has 0 aliphatic rings. The molecule has 0 heterocycles. The summed E-state index contributed by atoms with van der Waals surface area (Å²) >= 11 is 16.9. The molecule has 0 bridgehead atoms. The van der Waals surface area contributed by atoms with Crippen molar-refractivity contribution in [1.82, 2.24) is 0 Å². The minimum atomic E-state index is 0.388. The van der Waals surface area contributed by atoms with E-state index in [-0.39, 0.29) is 0 Å². The van der Waals surface area contributed by atoms with Crippen LogP contribution in [0.4, 0.5) is 0 Å². The molecule has 0 aliphatic carbocycles. The van der Waals surface area contributed by atoms with Gasteiger partial charge in [0.25, 0.3) is 0 Å². The number of rotatable bonds is 4. The lowest BCUT2D eigenvalue weighted by molar-refractivity contribution is 1.25. The molecule has 2 aromatic rings. The summed E-state index contributed by atoms with van der Waals surface area (Å²) in [7, 11) is 0. The average molecular weight is 417 g/mol. The zero-order valence-corrected chi connectivity index (χ0v) is 15.3. The summed E-state index contributed by atoms with van der Waals surface area (Å²) in [6.07, 6.45) is 1.52. The number of benzene rings is 2. The van der Waals surface area contributed by atoms with Gasteiger partial charge in [-0.2, -0.15) is 5.10 Å². The number of hydrogen-bond acceptors (Lipinski definition) is 3. The second kappa shape index (κ2) is 8.58. The lowest BCUT2D eigenvalue weighted by Gasteiger charge is -2.02. The first-order valence-corrected chi connectivity index (χ1v) is 8.78. The molecule has 22 heavy (non-hydrogen) atoms. The summed E-state index contributed by atoms with van der Waals surface area (Å²) in [5, 5.41) is 9.14. The van der Waals surface area contributed by atoms with Crippen LogP contribution in [0.15, 0.2) is 57.1 Å². The highest BCUT2D eigenvalue weighted by molar-refractivity contribution is 9.10.